The van der Waals surface area contributed by atoms with Crippen LogP contribution in [0.2, 0.25) is 5.02 Å². The quantitative estimate of drug-likeness (QED) is 0.679. The number of carbonyl (C=O) groups excluding carboxylic acids is 1. The van der Waals surface area contributed by atoms with Gasteiger partial charge in [-0.05, 0) is 48.9 Å². The lowest BCUT2D eigenvalue weighted by Crippen LogP contribution is -2.56. The van der Waals surface area contributed by atoms with E-state index in [-0.39, 0.29) is 24.0 Å². The fraction of sp³-hybridized carbons (Fsp3) is 0.409. The summed E-state index contributed by atoms with van der Waals surface area (Å²) in [5.41, 5.74) is 0.136. The van der Waals surface area contributed by atoms with Gasteiger partial charge in [0.05, 0.1) is 11.5 Å². The monoisotopic (exact) mass is 464 g/mol. The molecular weight excluding hydrogens is 440 g/mol. The highest BCUT2D eigenvalue weighted by Crippen LogP contribution is 2.38. The van der Waals surface area contributed by atoms with Crippen molar-refractivity contribution in [3.8, 4) is 5.75 Å². The molecule has 2 aromatic rings. The van der Waals surface area contributed by atoms with Crippen molar-refractivity contribution < 1.29 is 22.7 Å². The average molecular weight is 465 g/mol. The molecule has 0 saturated carbocycles. The first kappa shape index (κ1) is 22.1. The molecule has 166 valence electrons. The maximum atomic E-state index is 13.2. The van der Waals surface area contributed by atoms with E-state index in [1.54, 1.807) is 17.0 Å². The molecule has 7 nitrogen and oxygen atoms in total. The Balaban J connectivity index is 1.40. The van der Waals surface area contributed by atoms with Crippen LogP contribution in [0.15, 0.2) is 53.4 Å². The summed E-state index contributed by atoms with van der Waals surface area (Å²) >= 11 is 5.90. The molecule has 0 atom stereocenters. The third-order valence-corrected chi connectivity index (χ3v) is 7.99. The first-order chi connectivity index (χ1) is 14.8. The molecule has 2 fully saturated rings. The summed E-state index contributed by atoms with van der Waals surface area (Å²) in [7, 11) is -3.73. The fourth-order valence-electron chi connectivity index (χ4n) is 4.11. The van der Waals surface area contributed by atoms with E-state index in [0.29, 0.717) is 43.3 Å². The highest BCUT2D eigenvalue weighted by molar-refractivity contribution is 7.89. The maximum Gasteiger partial charge on any atom is 0.260 e. The first-order valence-corrected chi connectivity index (χ1v) is 12.0. The normalized spacial score (nSPS) is 19.0. The molecule has 9 heteroatoms. The number of sulfonamides is 1. The highest BCUT2D eigenvalue weighted by Gasteiger charge is 2.50. The molecule has 2 saturated heterocycles. The van der Waals surface area contributed by atoms with E-state index in [2.05, 4.69) is 0 Å². The second-order valence-corrected chi connectivity index (χ2v) is 10.1. The fourth-order valence-corrected chi connectivity index (χ4v) is 5.96. The van der Waals surface area contributed by atoms with Gasteiger partial charge in [-0.25, -0.2) is 8.42 Å². The van der Waals surface area contributed by atoms with Crippen molar-refractivity contribution in [2.45, 2.75) is 30.4 Å². The van der Waals surface area contributed by atoms with Gasteiger partial charge in [0.1, 0.15) is 11.5 Å². The van der Waals surface area contributed by atoms with Crippen LogP contribution < -0.4 is 4.74 Å². The number of piperidine rings is 1. The first-order valence-electron chi connectivity index (χ1n) is 10.2. The van der Waals surface area contributed by atoms with E-state index in [9.17, 15) is 13.2 Å². The van der Waals surface area contributed by atoms with E-state index in [0.717, 1.165) is 5.56 Å². The van der Waals surface area contributed by atoms with E-state index < -0.39 is 15.7 Å². The van der Waals surface area contributed by atoms with Crippen molar-refractivity contribution in [3.05, 3.63) is 59.1 Å². The van der Waals surface area contributed by atoms with Gasteiger partial charge in [0.2, 0.25) is 10.0 Å². The topological polar surface area (TPSA) is 76.2 Å². The zero-order valence-corrected chi connectivity index (χ0v) is 18.9. The number of carbonyl (C=O) groups is 1. The van der Waals surface area contributed by atoms with Crippen LogP contribution in [0.4, 0.5) is 0 Å². The lowest BCUT2D eigenvalue weighted by Gasteiger charge is -2.42. The van der Waals surface area contributed by atoms with Crippen LogP contribution in [-0.4, -0.2) is 62.1 Å². The van der Waals surface area contributed by atoms with E-state index >= 15 is 0 Å². The lowest BCUT2D eigenvalue weighted by atomic mass is 10.0. The SMILES string of the molecule is Cc1cccc(OCC(=O)N2CCC3(CC2)OCCN3S(=O)(=O)c2ccc(Cl)cc2)c1. The lowest BCUT2D eigenvalue weighted by molar-refractivity contribution is -0.142. The number of amides is 1. The molecule has 2 heterocycles. The van der Waals surface area contributed by atoms with Crippen LogP contribution in [0.25, 0.3) is 0 Å². The summed E-state index contributed by atoms with van der Waals surface area (Å²) in [6.45, 7) is 3.34. The Kier molecular flexibility index (Phi) is 6.25. The molecule has 2 aromatic carbocycles. The number of ether oxygens (including phenoxy) is 2. The predicted molar refractivity (Wildman–Crippen MR) is 117 cm³/mol. The van der Waals surface area contributed by atoms with Crippen LogP contribution in [-0.2, 0) is 19.6 Å². The van der Waals surface area contributed by atoms with Crippen LogP contribution in [0.3, 0.4) is 0 Å². The molecule has 2 aliphatic heterocycles. The minimum Gasteiger partial charge on any atom is -0.484 e. The van der Waals surface area contributed by atoms with Gasteiger partial charge in [-0.15, -0.1) is 0 Å². The van der Waals surface area contributed by atoms with Crippen LogP contribution in [0, 0.1) is 6.92 Å². The Morgan fingerprint density at radius 2 is 1.84 bits per heavy atom. The Bertz CT molecular complexity index is 1050. The summed E-state index contributed by atoms with van der Waals surface area (Å²) < 4.78 is 39.5. The number of hydrogen-bond acceptors (Lipinski definition) is 5. The van der Waals surface area contributed by atoms with Crippen LogP contribution >= 0.6 is 11.6 Å². The molecule has 1 amide bonds. The number of nitrogens with zero attached hydrogens (tertiary/aromatic N) is 2. The van der Waals surface area contributed by atoms with Crippen LogP contribution in [0.5, 0.6) is 5.75 Å². The number of rotatable bonds is 5. The summed E-state index contributed by atoms with van der Waals surface area (Å²) in [6, 6.07) is 13.7. The standard InChI is InChI=1S/C22H25ClN2O5S/c1-17-3-2-4-19(15-17)29-16-21(26)24-11-9-22(10-12-24)25(13-14-30-22)31(27,28)20-7-5-18(23)6-8-20/h2-8,15H,9-14,16H2,1H3. The summed E-state index contributed by atoms with van der Waals surface area (Å²) in [5, 5.41) is 0.478. The maximum absolute atomic E-state index is 13.2. The predicted octanol–water partition coefficient (Wildman–Crippen LogP) is 3.07. The molecule has 31 heavy (non-hydrogen) atoms. The number of benzene rings is 2. The third kappa shape index (κ3) is 4.57. The number of hydrogen-bond donors (Lipinski definition) is 0. The average Bonchev–Trinajstić information content (AvgIpc) is 3.17. The molecule has 0 bridgehead atoms. The third-order valence-electron chi connectivity index (χ3n) is 5.77. The van der Waals surface area contributed by atoms with Gasteiger partial charge in [0, 0.05) is 37.5 Å². The van der Waals surface area contributed by atoms with Crippen molar-refractivity contribution in [2.24, 2.45) is 0 Å². The van der Waals surface area contributed by atoms with Crippen molar-refractivity contribution >= 4 is 27.5 Å². The van der Waals surface area contributed by atoms with Crippen molar-refractivity contribution in [2.75, 3.05) is 32.8 Å². The molecule has 0 aromatic heterocycles. The van der Waals surface area contributed by atoms with Gasteiger partial charge in [-0.2, -0.15) is 4.31 Å². The second kappa shape index (κ2) is 8.78. The zero-order valence-electron chi connectivity index (χ0n) is 17.3. The minimum atomic E-state index is -3.73. The molecule has 2 aliphatic rings. The van der Waals surface area contributed by atoms with E-state index in [4.69, 9.17) is 21.1 Å². The van der Waals surface area contributed by atoms with Gasteiger partial charge in [-0.3, -0.25) is 4.79 Å². The Labute approximate surface area is 187 Å². The van der Waals surface area contributed by atoms with Gasteiger partial charge in [0.25, 0.3) is 5.91 Å². The molecular formula is C22H25ClN2O5S. The smallest absolute Gasteiger partial charge is 0.260 e. The molecule has 4 rings (SSSR count). The minimum absolute atomic E-state index is 0.0515. The van der Waals surface area contributed by atoms with Gasteiger partial charge in [-0.1, -0.05) is 23.7 Å². The number of halogens is 1. The van der Waals surface area contributed by atoms with Crippen molar-refractivity contribution in [1.29, 1.82) is 0 Å². The Morgan fingerprint density at radius 3 is 2.52 bits per heavy atom. The molecule has 1 spiro atoms. The van der Waals surface area contributed by atoms with Gasteiger partial charge in [0.15, 0.2) is 6.61 Å². The molecule has 0 aliphatic carbocycles. The Hall–Kier alpha value is -2.13. The van der Waals surface area contributed by atoms with Crippen molar-refractivity contribution in [1.82, 2.24) is 9.21 Å². The Morgan fingerprint density at radius 1 is 1.13 bits per heavy atom. The number of aryl methyl sites for hydroxylation is 1. The van der Waals surface area contributed by atoms with E-state index in [1.165, 1.54) is 16.4 Å². The largest absolute Gasteiger partial charge is 0.484 e. The zero-order chi connectivity index (χ0) is 22.1. The summed E-state index contributed by atoms with van der Waals surface area (Å²) in [4.78, 5) is 14.5. The van der Waals surface area contributed by atoms with Gasteiger partial charge >= 0.3 is 0 Å². The highest BCUT2D eigenvalue weighted by atomic mass is 35.5. The van der Waals surface area contributed by atoms with Crippen molar-refractivity contribution in [3.63, 3.8) is 0 Å². The van der Waals surface area contributed by atoms with E-state index in [1.807, 2.05) is 31.2 Å². The molecule has 0 unspecified atom stereocenters. The summed E-state index contributed by atoms with van der Waals surface area (Å²) in [6.07, 6.45) is 0.825. The molecule has 0 N–H and O–H groups in total. The van der Waals surface area contributed by atoms with Gasteiger partial charge < -0.3 is 14.4 Å². The summed E-state index contributed by atoms with van der Waals surface area (Å²) in [5.74, 6) is 0.530. The molecule has 0 radical (unpaired) electrons. The van der Waals surface area contributed by atoms with Crippen LogP contribution in [0.1, 0.15) is 18.4 Å². The second-order valence-electron chi connectivity index (χ2n) is 7.81. The number of likely N-dealkylation sites (tertiary alicyclic amines) is 1.